The van der Waals surface area contributed by atoms with Gasteiger partial charge in [-0.2, -0.15) is 10.5 Å². The molecule has 1 aliphatic rings. The minimum Gasteiger partial charge on any atom is -0.294 e. The first-order chi connectivity index (χ1) is 14.8. The van der Waals surface area contributed by atoms with Crippen LogP contribution in [0.5, 0.6) is 0 Å². The van der Waals surface area contributed by atoms with Crippen molar-refractivity contribution in [1.82, 2.24) is 0 Å². The molecule has 0 aliphatic carbocycles. The van der Waals surface area contributed by atoms with Gasteiger partial charge < -0.3 is 0 Å². The Morgan fingerprint density at radius 1 is 0.633 bits per heavy atom. The Hall–Kier alpha value is -4.54. The van der Waals surface area contributed by atoms with Crippen LogP contribution in [0.1, 0.15) is 0 Å². The number of fused-ring (bicyclic) bond motifs is 1. The van der Waals surface area contributed by atoms with Crippen LogP contribution in [0.2, 0.25) is 0 Å². The highest BCUT2D eigenvalue weighted by atomic mass is 15.4. The molecule has 142 valence electrons. The number of benzene rings is 3. The molecule has 4 rings (SSSR count). The van der Waals surface area contributed by atoms with Crippen LogP contribution in [0.25, 0.3) is 0 Å². The maximum Gasteiger partial charge on any atom is 0.129 e. The average Bonchev–Trinajstić information content (AvgIpc) is 3.14. The van der Waals surface area contributed by atoms with E-state index in [-0.39, 0.29) is 5.57 Å². The number of nitrogens with zero attached hydrogens (tertiary/aromatic N) is 4. The molecule has 3 aromatic rings. The molecular weight excluding hydrogens is 368 g/mol. The summed E-state index contributed by atoms with van der Waals surface area (Å²) in [7, 11) is 0. The third-order valence-corrected chi connectivity index (χ3v) is 4.71. The summed E-state index contributed by atoms with van der Waals surface area (Å²) in [5, 5.41) is 17.9. The molecule has 3 aromatic carbocycles. The van der Waals surface area contributed by atoms with E-state index in [0.717, 1.165) is 28.6 Å². The molecule has 1 aliphatic heterocycles. The maximum atomic E-state index is 8.93. The lowest BCUT2D eigenvalue weighted by atomic mass is 10.2. The predicted octanol–water partition coefficient (Wildman–Crippen LogP) is 6.35. The third-order valence-electron chi connectivity index (χ3n) is 4.71. The molecule has 0 N–H and O–H groups in total. The van der Waals surface area contributed by atoms with Gasteiger partial charge in [-0.15, -0.1) is 0 Å². The molecular formula is C26H18N4. The van der Waals surface area contributed by atoms with Gasteiger partial charge in [-0.3, -0.25) is 9.80 Å². The second-order valence-corrected chi connectivity index (χ2v) is 6.54. The van der Waals surface area contributed by atoms with E-state index in [0.29, 0.717) is 0 Å². The smallest absolute Gasteiger partial charge is 0.129 e. The van der Waals surface area contributed by atoms with Crippen molar-refractivity contribution in [3.63, 3.8) is 0 Å². The highest BCUT2D eigenvalue weighted by molar-refractivity contribution is 5.93. The second kappa shape index (κ2) is 8.65. The monoisotopic (exact) mass is 386 g/mol. The topological polar surface area (TPSA) is 54.1 Å². The molecule has 1 heterocycles. The molecule has 0 radical (unpaired) electrons. The largest absolute Gasteiger partial charge is 0.294 e. The second-order valence-electron chi connectivity index (χ2n) is 6.54. The molecule has 0 bridgehead atoms. The quantitative estimate of drug-likeness (QED) is 0.387. The lowest BCUT2D eigenvalue weighted by Crippen LogP contribution is -2.21. The normalized spacial score (nSPS) is 12.3. The fraction of sp³-hybridized carbons (Fsp3) is 0. The number of rotatable bonds is 4. The first-order valence-corrected chi connectivity index (χ1v) is 9.51. The lowest BCUT2D eigenvalue weighted by Gasteiger charge is -2.25. The standard InChI is InChI=1S/C26H18N4/c27-19-21(20-28)11-7-10-18-26-29(22-12-3-1-4-13-22)24-16-8-9-17-25(24)30(26)23-14-5-2-6-15-23/h1-18H/b10-7+. The van der Waals surface area contributed by atoms with E-state index in [1.165, 1.54) is 6.08 Å². The molecule has 0 aromatic heterocycles. The number of hydrogen-bond donors (Lipinski definition) is 0. The van der Waals surface area contributed by atoms with Crippen LogP contribution >= 0.6 is 0 Å². The summed E-state index contributed by atoms with van der Waals surface area (Å²) in [6.07, 6.45) is 7.06. The Labute approximate surface area is 176 Å². The first kappa shape index (κ1) is 18.8. The Balaban J connectivity index is 1.87. The van der Waals surface area contributed by atoms with E-state index in [4.69, 9.17) is 10.5 Å². The van der Waals surface area contributed by atoms with Crippen LogP contribution in [0.3, 0.4) is 0 Å². The van der Waals surface area contributed by atoms with E-state index in [1.807, 2.05) is 72.8 Å². The maximum absolute atomic E-state index is 8.93. The number of anilines is 4. The molecule has 4 nitrogen and oxygen atoms in total. The summed E-state index contributed by atoms with van der Waals surface area (Å²) >= 11 is 0. The summed E-state index contributed by atoms with van der Waals surface area (Å²) in [5.74, 6) is 0.953. The van der Waals surface area contributed by atoms with Crippen molar-refractivity contribution in [3.8, 4) is 12.1 Å². The highest BCUT2D eigenvalue weighted by Crippen LogP contribution is 2.49. The van der Waals surface area contributed by atoms with Gasteiger partial charge in [0.1, 0.15) is 23.5 Å². The van der Waals surface area contributed by atoms with Crippen LogP contribution in [-0.4, -0.2) is 0 Å². The van der Waals surface area contributed by atoms with Crippen molar-refractivity contribution in [2.75, 3.05) is 9.80 Å². The minimum atomic E-state index is 0.0687. The first-order valence-electron chi connectivity index (χ1n) is 9.51. The zero-order valence-corrected chi connectivity index (χ0v) is 16.2. The van der Waals surface area contributed by atoms with Gasteiger partial charge in [0.25, 0.3) is 0 Å². The molecule has 30 heavy (non-hydrogen) atoms. The molecule has 4 heteroatoms. The van der Waals surface area contributed by atoms with Crippen molar-refractivity contribution in [3.05, 3.63) is 121 Å². The third kappa shape index (κ3) is 3.58. The zero-order valence-electron chi connectivity index (χ0n) is 16.2. The summed E-state index contributed by atoms with van der Waals surface area (Å²) < 4.78 is 0. The van der Waals surface area contributed by atoms with Crippen LogP contribution in [0, 0.1) is 22.7 Å². The Bertz CT molecular complexity index is 1120. The van der Waals surface area contributed by atoms with Gasteiger partial charge in [-0.1, -0.05) is 60.7 Å². The number of nitriles is 2. The van der Waals surface area contributed by atoms with Gasteiger partial charge in [-0.25, -0.2) is 0 Å². The van der Waals surface area contributed by atoms with Gasteiger partial charge in [-0.05, 0) is 48.6 Å². The molecule has 0 amide bonds. The van der Waals surface area contributed by atoms with E-state index in [9.17, 15) is 0 Å². The van der Waals surface area contributed by atoms with Gasteiger partial charge in [0.15, 0.2) is 0 Å². The SMILES string of the molecule is N#CC(C#N)=C/C=C/C=C1N(c2ccccc2)c2ccccc2N1c1ccccc1. The van der Waals surface area contributed by atoms with Crippen LogP contribution in [-0.2, 0) is 0 Å². The van der Waals surface area contributed by atoms with Gasteiger partial charge in [0.2, 0.25) is 0 Å². The van der Waals surface area contributed by atoms with Crippen molar-refractivity contribution in [2.24, 2.45) is 0 Å². The molecule has 0 saturated heterocycles. The number of allylic oxidation sites excluding steroid dienone is 5. The average molecular weight is 386 g/mol. The molecule has 0 saturated carbocycles. The summed E-state index contributed by atoms with van der Waals surface area (Å²) in [4.78, 5) is 4.40. The summed E-state index contributed by atoms with van der Waals surface area (Å²) in [6, 6.07) is 32.4. The number of hydrogen-bond acceptors (Lipinski definition) is 4. The molecule has 0 unspecified atom stereocenters. The van der Waals surface area contributed by atoms with E-state index < -0.39 is 0 Å². The van der Waals surface area contributed by atoms with Crippen LogP contribution < -0.4 is 9.80 Å². The van der Waals surface area contributed by atoms with E-state index in [2.05, 4.69) is 46.2 Å². The van der Waals surface area contributed by atoms with E-state index >= 15 is 0 Å². The van der Waals surface area contributed by atoms with E-state index in [1.54, 1.807) is 6.08 Å². The van der Waals surface area contributed by atoms with Crippen molar-refractivity contribution >= 4 is 22.7 Å². The Morgan fingerprint density at radius 3 is 1.57 bits per heavy atom. The number of para-hydroxylation sites is 4. The highest BCUT2D eigenvalue weighted by Gasteiger charge is 2.32. The Kier molecular flexibility index (Phi) is 5.42. The van der Waals surface area contributed by atoms with Gasteiger partial charge >= 0.3 is 0 Å². The fourth-order valence-electron chi connectivity index (χ4n) is 3.43. The van der Waals surface area contributed by atoms with Crippen LogP contribution in [0.15, 0.2) is 121 Å². The Morgan fingerprint density at radius 2 is 1.10 bits per heavy atom. The molecule has 0 atom stereocenters. The fourth-order valence-corrected chi connectivity index (χ4v) is 3.43. The van der Waals surface area contributed by atoms with Crippen molar-refractivity contribution in [2.45, 2.75) is 0 Å². The predicted molar refractivity (Wildman–Crippen MR) is 120 cm³/mol. The van der Waals surface area contributed by atoms with Crippen LogP contribution in [0.4, 0.5) is 22.7 Å². The summed E-state index contributed by atoms with van der Waals surface area (Å²) in [6.45, 7) is 0. The zero-order chi connectivity index (χ0) is 20.8. The van der Waals surface area contributed by atoms with Crippen molar-refractivity contribution < 1.29 is 0 Å². The van der Waals surface area contributed by atoms with Crippen molar-refractivity contribution in [1.29, 1.82) is 10.5 Å². The van der Waals surface area contributed by atoms with Gasteiger partial charge in [0.05, 0.1) is 11.4 Å². The van der Waals surface area contributed by atoms with Gasteiger partial charge in [0, 0.05) is 11.4 Å². The molecule has 0 fully saturated rings. The molecule has 0 spiro atoms. The minimum absolute atomic E-state index is 0.0687. The summed E-state index contributed by atoms with van der Waals surface area (Å²) in [5.41, 5.74) is 4.33. The lowest BCUT2D eigenvalue weighted by molar-refractivity contribution is 1.13.